The number of likely N-dealkylation sites (N-methyl/N-ethyl adjacent to an activating group) is 1. The van der Waals surface area contributed by atoms with Gasteiger partial charge in [-0.05, 0) is 55.8 Å². The van der Waals surface area contributed by atoms with Crippen LogP contribution in [0.3, 0.4) is 0 Å². The van der Waals surface area contributed by atoms with Crippen LogP contribution in [0, 0.1) is 5.92 Å². The summed E-state index contributed by atoms with van der Waals surface area (Å²) in [5, 5.41) is 9.56. The van der Waals surface area contributed by atoms with E-state index in [9.17, 15) is 9.59 Å². The van der Waals surface area contributed by atoms with Crippen LogP contribution in [0.1, 0.15) is 34.8 Å². The van der Waals surface area contributed by atoms with Crippen LogP contribution in [-0.2, 0) is 16.0 Å². The number of ether oxygens (including phenoxy) is 2. The molecule has 8 heteroatoms. The topological polar surface area (TPSA) is 83.5 Å². The van der Waals surface area contributed by atoms with Gasteiger partial charge in [0.2, 0.25) is 0 Å². The Morgan fingerprint density at radius 3 is 2.65 bits per heavy atom. The molecule has 4 rings (SSSR count). The van der Waals surface area contributed by atoms with E-state index in [0.717, 1.165) is 49.4 Å². The van der Waals surface area contributed by atoms with Crippen LogP contribution in [0.2, 0.25) is 0 Å². The Labute approximate surface area is 200 Å². The van der Waals surface area contributed by atoms with E-state index in [0.29, 0.717) is 30.9 Å². The SMILES string of the molecule is CCOC(=O)CC1COc2cc(C(=O)Nc3ccc(C=NN4CCN(C)CC4)cc3)ccc2C1. The normalized spacial score (nSPS) is 18.3. The Balaban J connectivity index is 1.31. The third kappa shape index (κ3) is 6.35. The highest BCUT2D eigenvalue weighted by molar-refractivity contribution is 6.04. The first kappa shape index (κ1) is 23.8. The number of esters is 1. The van der Waals surface area contributed by atoms with Crippen LogP contribution >= 0.6 is 0 Å². The molecule has 2 aromatic carbocycles. The number of piperazine rings is 1. The lowest BCUT2D eigenvalue weighted by molar-refractivity contribution is -0.144. The highest BCUT2D eigenvalue weighted by atomic mass is 16.5. The van der Waals surface area contributed by atoms with E-state index in [2.05, 4.69) is 27.4 Å². The standard InChI is InChI=1S/C26H32N4O4/c1-3-33-25(31)15-20-14-21-6-7-22(16-24(21)34-18-20)26(32)28-23-8-4-19(5-9-23)17-27-30-12-10-29(2)11-13-30/h4-9,16-17,20H,3,10-15,18H2,1-2H3,(H,28,32). The summed E-state index contributed by atoms with van der Waals surface area (Å²) in [6.07, 6.45) is 2.92. The van der Waals surface area contributed by atoms with Gasteiger partial charge < -0.3 is 19.7 Å². The van der Waals surface area contributed by atoms with Gasteiger partial charge in [-0.3, -0.25) is 14.6 Å². The molecule has 0 spiro atoms. The van der Waals surface area contributed by atoms with Gasteiger partial charge in [-0.1, -0.05) is 18.2 Å². The highest BCUT2D eigenvalue weighted by Gasteiger charge is 2.24. The van der Waals surface area contributed by atoms with Crippen molar-refractivity contribution in [3.8, 4) is 5.75 Å². The molecule has 1 N–H and O–H groups in total. The van der Waals surface area contributed by atoms with E-state index in [1.165, 1.54) is 0 Å². The van der Waals surface area contributed by atoms with E-state index >= 15 is 0 Å². The van der Waals surface area contributed by atoms with Crippen molar-refractivity contribution in [1.82, 2.24) is 9.91 Å². The number of hydrogen-bond donors (Lipinski definition) is 1. The number of hydrogen-bond acceptors (Lipinski definition) is 7. The van der Waals surface area contributed by atoms with Crippen molar-refractivity contribution in [2.24, 2.45) is 11.0 Å². The van der Waals surface area contributed by atoms with Gasteiger partial charge >= 0.3 is 5.97 Å². The van der Waals surface area contributed by atoms with Crippen LogP contribution in [0.5, 0.6) is 5.75 Å². The smallest absolute Gasteiger partial charge is 0.306 e. The van der Waals surface area contributed by atoms with Crippen molar-refractivity contribution in [2.75, 3.05) is 51.8 Å². The number of fused-ring (bicyclic) bond motifs is 1. The van der Waals surface area contributed by atoms with E-state index in [1.807, 2.05) is 36.5 Å². The molecule has 2 aliphatic heterocycles. The summed E-state index contributed by atoms with van der Waals surface area (Å²) in [4.78, 5) is 26.8. The fourth-order valence-corrected chi connectivity index (χ4v) is 4.08. The molecule has 1 saturated heterocycles. The van der Waals surface area contributed by atoms with Crippen molar-refractivity contribution in [1.29, 1.82) is 0 Å². The Morgan fingerprint density at radius 1 is 1.15 bits per heavy atom. The van der Waals surface area contributed by atoms with Crippen molar-refractivity contribution in [3.05, 3.63) is 59.2 Å². The lowest BCUT2D eigenvalue weighted by Gasteiger charge is -2.30. The summed E-state index contributed by atoms with van der Waals surface area (Å²) < 4.78 is 10.9. The third-order valence-corrected chi connectivity index (χ3v) is 6.09. The molecular weight excluding hydrogens is 432 g/mol. The zero-order valence-corrected chi connectivity index (χ0v) is 19.8. The number of carbonyl (C=O) groups is 2. The van der Waals surface area contributed by atoms with Crippen molar-refractivity contribution in [2.45, 2.75) is 19.8 Å². The molecule has 2 aromatic rings. The second kappa shape index (κ2) is 11.2. The van der Waals surface area contributed by atoms with Gasteiger partial charge in [0.25, 0.3) is 5.91 Å². The maximum Gasteiger partial charge on any atom is 0.306 e. The zero-order valence-electron chi connectivity index (χ0n) is 19.8. The fraction of sp³-hybridized carbons (Fsp3) is 0.423. The Kier molecular flexibility index (Phi) is 7.80. The summed E-state index contributed by atoms with van der Waals surface area (Å²) in [6, 6.07) is 13.1. The summed E-state index contributed by atoms with van der Waals surface area (Å²) in [5.74, 6) is 0.388. The minimum Gasteiger partial charge on any atom is -0.493 e. The van der Waals surface area contributed by atoms with Gasteiger partial charge in [0.1, 0.15) is 5.75 Å². The molecule has 0 bridgehead atoms. The number of rotatable bonds is 7. The molecule has 1 amide bonds. The predicted octanol–water partition coefficient (Wildman–Crippen LogP) is 3.02. The molecule has 1 atom stereocenters. The van der Waals surface area contributed by atoms with Crippen molar-refractivity contribution < 1.29 is 19.1 Å². The number of carbonyl (C=O) groups excluding carboxylic acids is 2. The van der Waals surface area contributed by atoms with E-state index < -0.39 is 0 Å². The number of anilines is 1. The minimum atomic E-state index is -0.202. The largest absolute Gasteiger partial charge is 0.493 e. The lowest BCUT2D eigenvalue weighted by Crippen LogP contribution is -2.41. The van der Waals surface area contributed by atoms with Gasteiger partial charge in [0.05, 0.1) is 25.8 Å². The quantitative estimate of drug-likeness (QED) is 0.501. The summed E-state index contributed by atoms with van der Waals surface area (Å²) in [7, 11) is 2.12. The molecule has 8 nitrogen and oxygen atoms in total. The first-order valence-corrected chi connectivity index (χ1v) is 11.8. The van der Waals surface area contributed by atoms with Gasteiger partial charge in [0, 0.05) is 43.3 Å². The maximum atomic E-state index is 12.8. The molecule has 0 radical (unpaired) electrons. The summed E-state index contributed by atoms with van der Waals surface area (Å²) in [6.45, 7) is 6.52. The third-order valence-electron chi connectivity index (χ3n) is 6.09. The summed E-state index contributed by atoms with van der Waals surface area (Å²) in [5.41, 5.74) is 3.23. The Hall–Kier alpha value is -3.39. The second-order valence-corrected chi connectivity index (χ2v) is 8.79. The molecule has 180 valence electrons. The molecule has 1 unspecified atom stereocenters. The van der Waals surface area contributed by atoms with Crippen molar-refractivity contribution in [3.63, 3.8) is 0 Å². The molecular formula is C26H32N4O4. The molecule has 0 saturated carbocycles. The van der Waals surface area contributed by atoms with Crippen LogP contribution in [0.15, 0.2) is 47.6 Å². The average Bonchev–Trinajstić information content (AvgIpc) is 2.84. The average molecular weight is 465 g/mol. The first-order valence-electron chi connectivity index (χ1n) is 11.8. The molecule has 34 heavy (non-hydrogen) atoms. The van der Waals surface area contributed by atoms with E-state index in [-0.39, 0.29) is 17.8 Å². The maximum absolute atomic E-state index is 12.8. The lowest BCUT2D eigenvalue weighted by atomic mass is 9.93. The van der Waals surface area contributed by atoms with Gasteiger partial charge in [-0.25, -0.2) is 0 Å². The fourth-order valence-electron chi connectivity index (χ4n) is 4.08. The van der Waals surface area contributed by atoms with Crippen LogP contribution < -0.4 is 10.1 Å². The van der Waals surface area contributed by atoms with E-state index in [4.69, 9.17) is 9.47 Å². The molecule has 2 aliphatic rings. The number of hydrazone groups is 1. The highest BCUT2D eigenvalue weighted by Crippen LogP contribution is 2.30. The number of amides is 1. The monoisotopic (exact) mass is 464 g/mol. The van der Waals surface area contributed by atoms with Crippen molar-refractivity contribution >= 4 is 23.8 Å². The second-order valence-electron chi connectivity index (χ2n) is 8.79. The van der Waals surface area contributed by atoms with Crippen LogP contribution in [0.25, 0.3) is 0 Å². The number of nitrogens with zero attached hydrogens (tertiary/aromatic N) is 3. The van der Waals surface area contributed by atoms with Gasteiger partial charge in [0.15, 0.2) is 0 Å². The predicted molar refractivity (Wildman–Crippen MR) is 131 cm³/mol. The first-order chi connectivity index (χ1) is 16.5. The minimum absolute atomic E-state index is 0.0875. The molecule has 1 fully saturated rings. The molecule has 2 heterocycles. The molecule has 0 aliphatic carbocycles. The number of benzene rings is 2. The molecule has 0 aromatic heterocycles. The van der Waals surface area contributed by atoms with Crippen LogP contribution in [0.4, 0.5) is 5.69 Å². The van der Waals surface area contributed by atoms with Gasteiger partial charge in [-0.15, -0.1) is 0 Å². The number of nitrogens with one attached hydrogen (secondary N) is 1. The van der Waals surface area contributed by atoms with Gasteiger partial charge in [-0.2, -0.15) is 5.10 Å². The Bertz CT molecular complexity index is 1030. The summed E-state index contributed by atoms with van der Waals surface area (Å²) >= 11 is 0. The Morgan fingerprint density at radius 2 is 1.91 bits per heavy atom. The van der Waals surface area contributed by atoms with E-state index in [1.54, 1.807) is 19.1 Å². The van der Waals surface area contributed by atoms with Crippen LogP contribution in [-0.4, -0.2) is 74.4 Å². The zero-order chi connectivity index (χ0) is 23.9.